The summed E-state index contributed by atoms with van der Waals surface area (Å²) in [6.07, 6.45) is 4.50. The second-order valence-electron chi connectivity index (χ2n) is 5.96. The average Bonchev–Trinajstić information content (AvgIpc) is 2.97. The van der Waals surface area contributed by atoms with Crippen molar-refractivity contribution in [2.75, 3.05) is 31.1 Å². The molecule has 2 bridgehead atoms. The van der Waals surface area contributed by atoms with E-state index in [0.717, 1.165) is 32.0 Å². The molecule has 3 atom stereocenters. The van der Waals surface area contributed by atoms with Crippen molar-refractivity contribution in [1.29, 1.82) is 0 Å². The van der Waals surface area contributed by atoms with Crippen LogP contribution in [0.3, 0.4) is 0 Å². The number of rotatable bonds is 2. The summed E-state index contributed by atoms with van der Waals surface area (Å²) in [6, 6.07) is 0. The van der Waals surface area contributed by atoms with E-state index in [1.165, 1.54) is 24.3 Å². The molecule has 0 spiro atoms. The van der Waals surface area contributed by atoms with Gasteiger partial charge >= 0.3 is 0 Å². The SMILES string of the molecule is CC1(CN=C(N)N2CCSCC2)CC2CCC1O2.I. The molecule has 0 aromatic rings. The number of halogens is 1. The number of nitrogens with zero attached hydrogens (tertiary/aromatic N) is 2. The van der Waals surface area contributed by atoms with Crippen molar-refractivity contribution in [2.24, 2.45) is 16.1 Å². The van der Waals surface area contributed by atoms with Gasteiger partial charge in [0, 0.05) is 30.0 Å². The summed E-state index contributed by atoms with van der Waals surface area (Å²) < 4.78 is 5.94. The second-order valence-corrected chi connectivity index (χ2v) is 7.18. The molecule has 0 aromatic heterocycles. The zero-order chi connectivity index (χ0) is 12.6. The third kappa shape index (κ3) is 3.32. The summed E-state index contributed by atoms with van der Waals surface area (Å²) in [6.45, 7) is 5.21. The maximum atomic E-state index is 6.11. The van der Waals surface area contributed by atoms with Crippen LogP contribution in [0.4, 0.5) is 0 Å². The third-order valence-corrected chi connectivity index (χ3v) is 5.46. The van der Waals surface area contributed by atoms with Crippen LogP contribution >= 0.6 is 35.7 Å². The lowest BCUT2D eigenvalue weighted by atomic mass is 9.76. The Morgan fingerprint density at radius 1 is 1.42 bits per heavy atom. The summed E-state index contributed by atoms with van der Waals surface area (Å²) in [5.41, 5.74) is 6.33. The van der Waals surface area contributed by atoms with Crippen LogP contribution in [0.15, 0.2) is 4.99 Å². The first-order valence-corrected chi connectivity index (χ1v) is 8.11. The highest BCUT2D eigenvalue weighted by Crippen LogP contribution is 2.47. The maximum Gasteiger partial charge on any atom is 0.191 e. The van der Waals surface area contributed by atoms with E-state index in [-0.39, 0.29) is 29.4 Å². The van der Waals surface area contributed by atoms with Gasteiger partial charge in [-0.25, -0.2) is 0 Å². The average molecular weight is 397 g/mol. The molecule has 0 aromatic carbocycles. The molecule has 110 valence electrons. The number of ether oxygens (including phenoxy) is 1. The number of nitrogens with two attached hydrogens (primary N) is 1. The van der Waals surface area contributed by atoms with Gasteiger partial charge in [-0.2, -0.15) is 11.8 Å². The molecule has 3 unspecified atom stereocenters. The Morgan fingerprint density at radius 2 is 2.16 bits per heavy atom. The fraction of sp³-hybridized carbons (Fsp3) is 0.923. The van der Waals surface area contributed by atoms with E-state index < -0.39 is 0 Å². The fourth-order valence-corrected chi connectivity index (χ4v) is 4.24. The molecule has 0 saturated carbocycles. The number of guanidine groups is 1. The molecule has 6 heteroatoms. The van der Waals surface area contributed by atoms with E-state index in [4.69, 9.17) is 10.5 Å². The van der Waals surface area contributed by atoms with Crippen molar-refractivity contribution in [3.05, 3.63) is 0 Å². The molecular formula is C13H24IN3OS. The lowest BCUT2D eigenvalue weighted by Gasteiger charge is -2.31. The molecule has 3 rings (SSSR count). The third-order valence-electron chi connectivity index (χ3n) is 4.52. The largest absolute Gasteiger partial charge is 0.374 e. The van der Waals surface area contributed by atoms with Gasteiger partial charge in [0.25, 0.3) is 0 Å². The van der Waals surface area contributed by atoms with Gasteiger partial charge in [0.2, 0.25) is 0 Å². The van der Waals surface area contributed by atoms with Crippen molar-refractivity contribution < 1.29 is 4.74 Å². The molecule has 2 N–H and O–H groups in total. The standard InChI is InChI=1S/C13H23N3OS.HI/c1-13(8-10-2-3-11(13)17-10)9-15-12(14)16-4-6-18-7-5-16;/h10-11H,2-9H2,1H3,(H2,14,15);1H. The van der Waals surface area contributed by atoms with Crippen LogP contribution in [0.25, 0.3) is 0 Å². The number of aliphatic imine (C=N–C) groups is 1. The molecular weight excluding hydrogens is 373 g/mol. The van der Waals surface area contributed by atoms with Crippen LogP contribution < -0.4 is 5.73 Å². The van der Waals surface area contributed by atoms with Crippen LogP contribution in [0, 0.1) is 5.41 Å². The molecule has 3 heterocycles. The summed E-state index contributed by atoms with van der Waals surface area (Å²) in [5.74, 6) is 3.07. The van der Waals surface area contributed by atoms with Gasteiger partial charge in [0.15, 0.2) is 5.96 Å². The Labute approximate surface area is 136 Å². The number of hydrogen-bond acceptors (Lipinski definition) is 3. The van der Waals surface area contributed by atoms with Gasteiger partial charge in [0.1, 0.15) is 0 Å². The van der Waals surface area contributed by atoms with Crippen LogP contribution in [0.5, 0.6) is 0 Å². The van der Waals surface area contributed by atoms with Crippen LogP contribution in [-0.4, -0.2) is 54.2 Å². The van der Waals surface area contributed by atoms with Crippen LogP contribution in [-0.2, 0) is 4.74 Å². The quantitative estimate of drug-likeness (QED) is 0.440. The first-order chi connectivity index (χ1) is 8.67. The summed E-state index contributed by atoms with van der Waals surface area (Å²) in [5, 5.41) is 0. The summed E-state index contributed by atoms with van der Waals surface area (Å²) in [7, 11) is 0. The van der Waals surface area contributed by atoms with Gasteiger partial charge < -0.3 is 15.4 Å². The summed E-state index contributed by atoms with van der Waals surface area (Å²) >= 11 is 2.00. The van der Waals surface area contributed by atoms with Crippen molar-refractivity contribution in [3.63, 3.8) is 0 Å². The highest BCUT2D eigenvalue weighted by molar-refractivity contribution is 14.0. The maximum absolute atomic E-state index is 6.11. The highest BCUT2D eigenvalue weighted by Gasteiger charge is 2.49. The topological polar surface area (TPSA) is 50.8 Å². The van der Waals surface area contributed by atoms with E-state index in [9.17, 15) is 0 Å². The second kappa shape index (κ2) is 6.39. The minimum absolute atomic E-state index is 0. The Morgan fingerprint density at radius 3 is 2.74 bits per heavy atom. The van der Waals surface area contributed by atoms with E-state index in [1.807, 2.05) is 11.8 Å². The minimum atomic E-state index is 0. The van der Waals surface area contributed by atoms with Crippen molar-refractivity contribution in [1.82, 2.24) is 4.90 Å². The number of thioether (sulfide) groups is 1. The molecule has 4 nitrogen and oxygen atoms in total. The van der Waals surface area contributed by atoms with Crippen molar-refractivity contribution in [3.8, 4) is 0 Å². The van der Waals surface area contributed by atoms with Crippen LogP contribution in [0.1, 0.15) is 26.2 Å². The van der Waals surface area contributed by atoms with Crippen molar-refractivity contribution in [2.45, 2.75) is 38.4 Å². The van der Waals surface area contributed by atoms with Gasteiger partial charge in [-0.3, -0.25) is 4.99 Å². The molecule has 0 amide bonds. The zero-order valence-electron chi connectivity index (χ0n) is 11.5. The molecule has 0 aliphatic carbocycles. The van der Waals surface area contributed by atoms with E-state index in [0.29, 0.717) is 12.2 Å². The van der Waals surface area contributed by atoms with Gasteiger partial charge in [-0.1, -0.05) is 6.92 Å². The van der Waals surface area contributed by atoms with E-state index in [1.54, 1.807) is 0 Å². The number of fused-ring (bicyclic) bond motifs is 2. The highest BCUT2D eigenvalue weighted by atomic mass is 127. The number of hydrogen-bond donors (Lipinski definition) is 1. The Bertz CT molecular complexity index is 349. The zero-order valence-corrected chi connectivity index (χ0v) is 14.7. The normalized spacial score (nSPS) is 38.4. The Kier molecular flexibility index (Phi) is 5.28. The lowest BCUT2D eigenvalue weighted by molar-refractivity contribution is 0.0705. The van der Waals surface area contributed by atoms with E-state index >= 15 is 0 Å². The van der Waals surface area contributed by atoms with Gasteiger partial charge in [0.05, 0.1) is 18.8 Å². The summed E-state index contributed by atoms with van der Waals surface area (Å²) in [4.78, 5) is 6.87. The molecule has 19 heavy (non-hydrogen) atoms. The van der Waals surface area contributed by atoms with Gasteiger partial charge in [-0.05, 0) is 19.3 Å². The fourth-order valence-electron chi connectivity index (χ4n) is 3.34. The first kappa shape index (κ1) is 15.7. The molecule has 0 radical (unpaired) electrons. The smallest absolute Gasteiger partial charge is 0.191 e. The molecule has 3 aliphatic heterocycles. The molecule has 3 fully saturated rings. The van der Waals surface area contributed by atoms with Crippen LogP contribution in [0.2, 0.25) is 0 Å². The lowest BCUT2D eigenvalue weighted by Crippen LogP contribution is -2.43. The monoisotopic (exact) mass is 397 g/mol. The predicted molar refractivity (Wildman–Crippen MR) is 91.4 cm³/mol. The first-order valence-electron chi connectivity index (χ1n) is 6.95. The Hall–Kier alpha value is 0.310. The van der Waals surface area contributed by atoms with Crippen molar-refractivity contribution >= 4 is 41.7 Å². The Balaban J connectivity index is 0.00000133. The minimum Gasteiger partial charge on any atom is -0.374 e. The predicted octanol–water partition coefficient (Wildman–Crippen LogP) is 1.93. The van der Waals surface area contributed by atoms with E-state index in [2.05, 4.69) is 16.8 Å². The molecule has 3 saturated heterocycles. The molecule has 3 aliphatic rings. The van der Waals surface area contributed by atoms with Gasteiger partial charge in [-0.15, -0.1) is 24.0 Å².